The molecule has 3 rings (SSSR count). The van der Waals surface area contributed by atoms with Crippen molar-refractivity contribution in [1.29, 1.82) is 0 Å². The van der Waals surface area contributed by atoms with Gasteiger partial charge in [-0.2, -0.15) is 0 Å². The first kappa shape index (κ1) is 5.62. The minimum atomic E-state index is 0.913. The molecule has 10 heavy (non-hydrogen) atoms. The highest BCUT2D eigenvalue weighted by Crippen LogP contribution is 2.72. The summed E-state index contributed by atoms with van der Waals surface area (Å²) in [6.07, 6.45) is 12.6. The van der Waals surface area contributed by atoms with Gasteiger partial charge in [0.1, 0.15) is 0 Å². The van der Waals surface area contributed by atoms with Crippen molar-refractivity contribution in [3.63, 3.8) is 0 Å². The van der Waals surface area contributed by atoms with Crippen molar-refractivity contribution in [1.82, 2.24) is 0 Å². The van der Waals surface area contributed by atoms with Gasteiger partial charge < -0.3 is 0 Å². The lowest BCUT2D eigenvalue weighted by atomic mass is 9.59. The van der Waals surface area contributed by atoms with Crippen LogP contribution in [-0.2, 0) is 0 Å². The second kappa shape index (κ2) is 1.44. The van der Waals surface area contributed by atoms with Crippen LogP contribution in [0.15, 0.2) is 0 Å². The number of hydrogen-bond donors (Lipinski definition) is 0. The first-order valence-corrected chi connectivity index (χ1v) is 4.83. The van der Waals surface area contributed by atoms with Crippen LogP contribution in [0.2, 0.25) is 0 Å². The first-order valence-electron chi connectivity index (χ1n) is 4.83. The Balaban J connectivity index is 1.74. The largest absolute Gasteiger partial charge is 0.0528 e. The normalized spacial score (nSPS) is 38.4. The summed E-state index contributed by atoms with van der Waals surface area (Å²) in [5.74, 6) is 0. The SMILES string of the molecule is C1CCC2(C1)CC1(CC1)C2. The van der Waals surface area contributed by atoms with Crippen LogP contribution in [0, 0.1) is 10.8 Å². The monoisotopic (exact) mass is 136 g/mol. The van der Waals surface area contributed by atoms with Gasteiger partial charge in [-0.05, 0) is 49.4 Å². The third-order valence-corrected chi connectivity index (χ3v) is 4.12. The Labute approximate surface area is 63.0 Å². The fourth-order valence-corrected chi connectivity index (χ4v) is 3.55. The van der Waals surface area contributed by atoms with Gasteiger partial charge >= 0.3 is 0 Å². The fourth-order valence-electron chi connectivity index (χ4n) is 3.55. The van der Waals surface area contributed by atoms with Crippen molar-refractivity contribution in [2.75, 3.05) is 0 Å². The van der Waals surface area contributed by atoms with Gasteiger partial charge in [0, 0.05) is 0 Å². The van der Waals surface area contributed by atoms with Crippen LogP contribution >= 0.6 is 0 Å². The summed E-state index contributed by atoms with van der Waals surface area (Å²) in [5.41, 5.74) is 1.86. The van der Waals surface area contributed by atoms with Crippen LogP contribution in [0.25, 0.3) is 0 Å². The minimum absolute atomic E-state index is 0.913. The summed E-state index contributed by atoms with van der Waals surface area (Å²) >= 11 is 0. The highest BCUT2D eigenvalue weighted by Gasteiger charge is 2.60. The Kier molecular flexibility index (Phi) is 0.810. The molecule has 0 heterocycles. The summed E-state index contributed by atoms with van der Waals surface area (Å²) in [6.45, 7) is 0. The smallest absolute Gasteiger partial charge is 0.0287 e. The molecule has 56 valence electrons. The van der Waals surface area contributed by atoms with E-state index in [-0.39, 0.29) is 0 Å². The van der Waals surface area contributed by atoms with Gasteiger partial charge in [0.2, 0.25) is 0 Å². The average Bonchev–Trinajstić information content (AvgIpc) is 2.39. The van der Waals surface area contributed by atoms with Crippen LogP contribution in [0.5, 0.6) is 0 Å². The fraction of sp³-hybridized carbons (Fsp3) is 1.00. The van der Waals surface area contributed by atoms with E-state index >= 15 is 0 Å². The lowest BCUT2D eigenvalue weighted by Gasteiger charge is -2.46. The molecule has 2 spiro atoms. The number of rotatable bonds is 0. The summed E-state index contributed by atoms with van der Waals surface area (Å²) in [7, 11) is 0. The zero-order valence-electron chi connectivity index (χ0n) is 6.66. The lowest BCUT2D eigenvalue weighted by molar-refractivity contribution is 0.0428. The molecule has 0 bridgehead atoms. The molecule has 0 amide bonds. The van der Waals surface area contributed by atoms with Crippen LogP contribution < -0.4 is 0 Å². The zero-order valence-corrected chi connectivity index (χ0v) is 6.66. The van der Waals surface area contributed by atoms with E-state index in [1.807, 2.05) is 0 Å². The Morgan fingerprint density at radius 2 is 1.10 bits per heavy atom. The summed E-state index contributed by atoms with van der Waals surface area (Å²) < 4.78 is 0. The third-order valence-electron chi connectivity index (χ3n) is 4.12. The van der Waals surface area contributed by atoms with E-state index < -0.39 is 0 Å². The van der Waals surface area contributed by atoms with Crippen molar-refractivity contribution in [3.05, 3.63) is 0 Å². The topological polar surface area (TPSA) is 0 Å². The Morgan fingerprint density at radius 1 is 0.600 bits per heavy atom. The number of hydrogen-bond acceptors (Lipinski definition) is 0. The molecule has 3 aliphatic carbocycles. The van der Waals surface area contributed by atoms with E-state index in [1.165, 1.54) is 12.8 Å². The van der Waals surface area contributed by atoms with Crippen molar-refractivity contribution < 1.29 is 0 Å². The highest BCUT2D eigenvalue weighted by atomic mass is 14.7. The Hall–Kier alpha value is 0. The van der Waals surface area contributed by atoms with E-state index in [0.717, 1.165) is 10.8 Å². The highest BCUT2D eigenvalue weighted by molar-refractivity contribution is 5.11. The molecule has 3 fully saturated rings. The minimum Gasteiger partial charge on any atom is -0.0528 e. The van der Waals surface area contributed by atoms with Gasteiger partial charge in [-0.15, -0.1) is 0 Å². The summed E-state index contributed by atoms with van der Waals surface area (Å²) in [5, 5.41) is 0. The average molecular weight is 136 g/mol. The molecule has 0 saturated heterocycles. The van der Waals surface area contributed by atoms with Gasteiger partial charge in [0.15, 0.2) is 0 Å². The second-order valence-electron chi connectivity index (χ2n) is 5.06. The van der Waals surface area contributed by atoms with Crippen molar-refractivity contribution in [2.45, 2.75) is 51.4 Å². The van der Waals surface area contributed by atoms with E-state index in [1.54, 1.807) is 38.5 Å². The molecule has 0 heteroatoms. The molecule has 0 aromatic rings. The van der Waals surface area contributed by atoms with Crippen LogP contribution in [0.1, 0.15) is 51.4 Å². The predicted molar refractivity (Wildman–Crippen MR) is 41.8 cm³/mol. The van der Waals surface area contributed by atoms with Crippen LogP contribution in [0.3, 0.4) is 0 Å². The predicted octanol–water partition coefficient (Wildman–Crippen LogP) is 3.12. The van der Waals surface area contributed by atoms with Gasteiger partial charge in [-0.3, -0.25) is 0 Å². The molecule has 0 aliphatic heterocycles. The molecule has 3 aliphatic rings. The molecule has 0 aromatic heterocycles. The van der Waals surface area contributed by atoms with Gasteiger partial charge in [0.05, 0.1) is 0 Å². The van der Waals surface area contributed by atoms with Gasteiger partial charge in [0.25, 0.3) is 0 Å². The molecular weight excluding hydrogens is 120 g/mol. The van der Waals surface area contributed by atoms with Crippen molar-refractivity contribution in [3.8, 4) is 0 Å². The van der Waals surface area contributed by atoms with E-state index in [0.29, 0.717) is 0 Å². The standard InChI is InChI=1S/C10H16/c1-2-4-9(3-1)7-10(8-9)5-6-10/h1-8H2. The van der Waals surface area contributed by atoms with Crippen LogP contribution in [0.4, 0.5) is 0 Å². The Morgan fingerprint density at radius 3 is 1.60 bits per heavy atom. The maximum atomic E-state index is 1.62. The van der Waals surface area contributed by atoms with Crippen molar-refractivity contribution >= 4 is 0 Å². The first-order chi connectivity index (χ1) is 4.83. The van der Waals surface area contributed by atoms with Crippen molar-refractivity contribution in [2.24, 2.45) is 10.8 Å². The van der Waals surface area contributed by atoms with E-state index in [2.05, 4.69) is 0 Å². The zero-order chi connectivity index (χ0) is 6.66. The molecule has 3 saturated carbocycles. The quantitative estimate of drug-likeness (QED) is 0.480. The molecule has 0 nitrogen and oxygen atoms in total. The lowest BCUT2D eigenvalue weighted by Crippen LogP contribution is -2.35. The van der Waals surface area contributed by atoms with E-state index in [4.69, 9.17) is 0 Å². The second-order valence-corrected chi connectivity index (χ2v) is 5.06. The summed E-state index contributed by atoms with van der Waals surface area (Å²) in [6, 6.07) is 0. The maximum absolute atomic E-state index is 1.62. The van der Waals surface area contributed by atoms with Gasteiger partial charge in [-0.25, -0.2) is 0 Å². The maximum Gasteiger partial charge on any atom is -0.0287 e. The molecule has 0 aromatic carbocycles. The summed E-state index contributed by atoms with van der Waals surface area (Å²) in [4.78, 5) is 0. The molecule has 0 atom stereocenters. The molecule has 0 N–H and O–H groups in total. The van der Waals surface area contributed by atoms with Crippen LogP contribution in [-0.4, -0.2) is 0 Å². The van der Waals surface area contributed by atoms with E-state index in [9.17, 15) is 0 Å². The molecule has 0 radical (unpaired) electrons. The molecular formula is C10H16. The molecule has 0 unspecified atom stereocenters. The third kappa shape index (κ3) is 0.580. The Bertz CT molecular complexity index is 149. The van der Waals surface area contributed by atoms with Gasteiger partial charge in [-0.1, -0.05) is 12.8 Å².